The zero-order chi connectivity index (χ0) is 15.2. The van der Waals surface area contributed by atoms with Crippen LogP contribution in [0.1, 0.15) is 22.8 Å². The summed E-state index contributed by atoms with van der Waals surface area (Å²) in [6, 6.07) is 16.1. The van der Waals surface area contributed by atoms with Crippen molar-refractivity contribution in [3.8, 4) is 5.75 Å². The molecule has 0 aromatic heterocycles. The van der Waals surface area contributed by atoms with E-state index in [-0.39, 0.29) is 0 Å². The zero-order valence-electron chi connectivity index (χ0n) is 12.9. The fraction of sp³-hybridized carbons (Fsp3) is 0.333. The third-order valence-corrected chi connectivity index (χ3v) is 3.54. The van der Waals surface area contributed by atoms with Crippen LogP contribution in [0, 0.1) is 6.92 Å². The minimum atomic E-state index is -0.518. The van der Waals surface area contributed by atoms with Gasteiger partial charge in [0.2, 0.25) is 0 Å². The molecule has 0 fully saturated rings. The van der Waals surface area contributed by atoms with Crippen LogP contribution in [0.25, 0.3) is 0 Å². The molecule has 2 aromatic carbocycles. The molecule has 3 heteroatoms. The first-order valence-electron chi connectivity index (χ1n) is 7.14. The molecule has 0 bridgehead atoms. The Morgan fingerprint density at radius 3 is 2.52 bits per heavy atom. The quantitative estimate of drug-likeness (QED) is 0.885. The van der Waals surface area contributed by atoms with Gasteiger partial charge in [-0.05, 0) is 37.2 Å². The number of hydrogen-bond donors (Lipinski definition) is 1. The van der Waals surface area contributed by atoms with Crippen LogP contribution in [0.3, 0.4) is 0 Å². The average Bonchev–Trinajstić information content (AvgIpc) is 2.49. The van der Waals surface area contributed by atoms with Gasteiger partial charge in [-0.15, -0.1) is 0 Å². The minimum Gasteiger partial charge on any atom is -0.497 e. The Labute approximate surface area is 126 Å². The number of likely N-dealkylation sites (N-methyl/N-ethyl adjacent to an activating group) is 1. The number of hydrogen-bond acceptors (Lipinski definition) is 3. The van der Waals surface area contributed by atoms with Crippen molar-refractivity contribution in [3.63, 3.8) is 0 Å². The molecule has 1 atom stereocenters. The predicted octanol–water partition coefficient (Wildman–Crippen LogP) is 3.17. The third kappa shape index (κ3) is 4.59. The molecule has 1 N–H and O–H groups in total. The largest absolute Gasteiger partial charge is 0.497 e. The lowest BCUT2D eigenvalue weighted by Gasteiger charge is -2.21. The number of methoxy groups -OCH3 is 1. The molecule has 0 aliphatic carbocycles. The first-order valence-corrected chi connectivity index (χ1v) is 7.14. The second-order valence-electron chi connectivity index (χ2n) is 5.47. The molecule has 0 amide bonds. The van der Waals surface area contributed by atoms with Gasteiger partial charge in [0.15, 0.2) is 0 Å². The van der Waals surface area contributed by atoms with E-state index in [0.717, 1.165) is 17.9 Å². The van der Waals surface area contributed by atoms with Crippen molar-refractivity contribution >= 4 is 0 Å². The maximum Gasteiger partial charge on any atom is 0.119 e. The molecule has 0 saturated carbocycles. The topological polar surface area (TPSA) is 32.7 Å². The number of aryl methyl sites for hydroxylation is 1. The number of aliphatic hydroxyl groups is 1. The molecule has 112 valence electrons. The first-order chi connectivity index (χ1) is 10.1. The molecule has 1 unspecified atom stereocenters. The van der Waals surface area contributed by atoms with E-state index >= 15 is 0 Å². The van der Waals surface area contributed by atoms with Gasteiger partial charge in [-0.3, -0.25) is 4.90 Å². The zero-order valence-corrected chi connectivity index (χ0v) is 12.9. The highest BCUT2D eigenvalue weighted by molar-refractivity contribution is 5.30. The van der Waals surface area contributed by atoms with Gasteiger partial charge in [0.25, 0.3) is 0 Å². The molecule has 0 saturated heterocycles. The maximum absolute atomic E-state index is 10.3. The van der Waals surface area contributed by atoms with Crippen LogP contribution in [0.15, 0.2) is 48.5 Å². The van der Waals surface area contributed by atoms with Gasteiger partial charge < -0.3 is 9.84 Å². The molecule has 0 spiro atoms. The summed E-state index contributed by atoms with van der Waals surface area (Å²) >= 11 is 0. The van der Waals surface area contributed by atoms with E-state index in [4.69, 9.17) is 4.74 Å². The number of ether oxygens (including phenoxy) is 1. The first kappa shape index (κ1) is 15.5. The summed E-state index contributed by atoms with van der Waals surface area (Å²) in [5.41, 5.74) is 3.39. The lowest BCUT2D eigenvalue weighted by Crippen LogP contribution is -2.24. The van der Waals surface area contributed by atoms with Crippen LogP contribution < -0.4 is 4.74 Å². The summed E-state index contributed by atoms with van der Waals surface area (Å²) < 4.78 is 5.19. The summed E-state index contributed by atoms with van der Waals surface area (Å²) in [5.74, 6) is 0.771. The van der Waals surface area contributed by atoms with Gasteiger partial charge >= 0.3 is 0 Å². The van der Waals surface area contributed by atoms with Crippen molar-refractivity contribution in [2.45, 2.75) is 19.6 Å². The van der Waals surface area contributed by atoms with E-state index in [1.54, 1.807) is 7.11 Å². The second-order valence-corrected chi connectivity index (χ2v) is 5.47. The molecule has 0 aliphatic rings. The average molecular weight is 285 g/mol. The third-order valence-electron chi connectivity index (χ3n) is 3.54. The Morgan fingerprint density at radius 2 is 1.86 bits per heavy atom. The maximum atomic E-state index is 10.3. The number of aliphatic hydroxyl groups excluding tert-OH is 1. The summed E-state index contributed by atoms with van der Waals surface area (Å²) in [7, 11) is 3.65. The van der Waals surface area contributed by atoms with Gasteiger partial charge in [-0.2, -0.15) is 0 Å². The Morgan fingerprint density at radius 1 is 1.14 bits per heavy atom. The van der Waals surface area contributed by atoms with Gasteiger partial charge in [-0.1, -0.05) is 42.0 Å². The van der Waals surface area contributed by atoms with Gasteiger partial charge in [0.05, 0.1) is 13.2 Å². The van der Waals surface area contributed by atoms with Crippen LogP contribution in [0.5, 0.6) is 5.75 Å². The molecule has 0 heterocycles. The van der Waals surface area contributed by atoms with Crippen molar-refractivity contribution in [1.29, 1.82) is 0 Å². The lowest BCUT2D eigenvalue weighted by atomic mass is 10.1. The Kier molecular flexibility index (Phi) is 5.37. The fourth-order valence-corrected chi connectivity index (χ4v) is 2.32. The van der Waals surface area contributed by atoms with Crippen LogP contribution in [0.4, 0.5) is 0 Å². The normalized spacial score (nSPS) is 12.4. The Hall–Kier alpha value is -1.84. The van der Waals surface area contributed by atoms with Crippen molar-refractivity contribution in [2.75, 3.05) is 20.7 Å². The van der Waals surface area contributed by atoms with Crippen molar-refractivity contribution in [3.05, 3.63) is 65.2 Å². The molecule has 2 aromatic rings. The van der Waals surface area contributed by atoms with Gasteiger partial charge in [-0.25, -0.2) is 0 Å². The van der Waals surface area contributed by atoms with E-state index < -0.39 is 6.10 Å². The fourth-order valence-electron chi connectivity index (χ4n) is 2.32. The van der Waals surface area contributed by atoms with Crippen LogP contribution >= 0.6 is 0 Å². The van der Waals surface area contributed by atoms with E-state index in [0.29, 0.717) is 6.54 Å². The number of rotatable bonds is 6. The summed E-state index contributed by atoms with van der Waals surface area (Å²) in [4.78, 5) is 2.12. The van der Waals surface area contributed by atoms with E-state index in [2.05, 4.69) is 36.1 Å². The van der Waals surface area contributed by atoms with Crippen LogP contribution in [0.2, 0.25) is 0 Å². The second kappa shape index (κ2) is 7.25. The minimum absolute atomic E-state index is 0.518. The summed E-state index contributed by atoms with van der Waals surface area (Å²) in [6.07, 6.45) is -0.518. The van der Waals surface area contributed by atoms with Crippen LogP contribution in [-0.2, 0) is 6.54 Å². The van der Waals surface area contributed by atoms with E-state index in [9.17, 15) is 5.11 Å². The van der Waals surface area contributed by atoms with Gasteiger partial charge in [0.1, 0.15) is 5.75 Å². The predicted molar refractivity (Wildman–Crippen MR) is 85.5 cm³/mol. The molecule has 2 rings (SSSR count). The highest BCUT2D eigenvalue weighted by Crippen LogP contribution is 2.20. The molecule has 21 heavy (non-hydrogen) atoms. The number of nitrogens with zero attached hydrogens (tertiary/aromatic N) is 1. The smallest absolute Gasteiger partial charge is 0.119 e. The lowest BCUT2D eigenvalue weighted by molar-refractivity contribution is 0.123. The standard InChI is InChI=1S/C18H23NO2/c1-14-7-9-15(10-8-14)12-19(2)13-18(20)16-5-4-6-17(11-16)21-3/h4-11,18,20H,12-13H2,1-3H3. The molecular weight excluding hydrogens is 262 g/mol. The highest BCUT2D eigenvalue weighted by Gasteiger charge is 2.11. The van der Waals surface area contributed by atoms with Crippen molar-refractivity contribution in [1.82, 2.24) is 4.90 Å². The summed E-state index contributed by atoms with van der Waals surface area (Å²) in [5, 5.41) is 10.3. The van der Waals surface area contributed by atoms with E-state index in [1.165, 1.54) is 11.1 Å². The Bertz CT molecular complexity index is 566. The molecule has 3 nitrogen and oxygen atoms in total. The molecule has 0 radical (unpaired) electrons. The summed E-state index contributed by atoms with van der Waals surface area (Å²) in [6.45, 7) is 3.49. The van der Waals surface area contributed by atoms with Crippen LogP contribution in [-0.4, -0.2) is 30.7 Å². The SMILES string of the molecule is COc1cccc(C(O)CN(C)Cc2ccc(C)cc2)c1. The number of benzene rings is 2. The van der Waals surface area contributed by atoms with Crippen molar-refractivity contribution < 1.29 is 9.84 Å². The monoisotopic (exact) mass is 285 g/mol. The Balaban J connectivity index is 1.94. The van der Waals surface area contributed by atoms with Gasteiger partial charge in [0, 0.05) is 13.1 Å². The van der Waals surface area contributed by atoms with E-state index in [1.807, 2.05) is 31.3 Å². The molecule has 0 aliphatic heterocycles. The van der Waals surface area contributed by atoms with Crippen molar-refractivity contribution in [2.24, 2.45) is 0 Å². The molecular formula is C18H23NO2. The highest BCUT2D eigenvalue weighted by atomic mass is 16.5.